The van der Waals surface area contributed by atoms with Crippen LogP contribution in [0.3, 0.4) is 0 Å². The van der Waals surface area contributed by atoms with E-state index in [1.807, 2.05) is 0 Å². The third-order valence-corrected chi connectivity index (χ3v) is 4.55. The van der Waals surface area contributed by atoms with Gasteiger partial charge in [-0.25, -0.2) is 4.79 Å². The van der Waals surface area contributed by atoms with Crippen LogP contribution >= 0.6 is 15.9 Å². The first kappa shape index (κ1) is 23.3. The monoisotopic (exact) mass is 474 g/mol. The van der Waals surface area contributed by atoms with E-state index in [9.17, 15) is 19.5 Å². The Morgan fingerprint density at radius 3 is 2.30 bits per heavy atom. The highest BCUT2D eigenvalue weighted by Crippen LogP contribution is 2.13. The minimum Gasteiger partial charge on any atom is -0.464 e. The fourth-order valence-electron chi connectivity index (χ4n) is 2.50. The van der Waals surface area contributed by atoms with Crippen molar-refractivity contribution in [1.82, 2.24) is 10.6 Å². The highest BCUT2D eigenvalue weighted by Gasteiger charge is 2.28. The lowest BCUT2D eigenvalue weighted by Crippen LogP contribution is -2.50. The van der Waals surface area contributed by atoms with E-state index in [2.05, 4.69) is 26.6 Å². The molecule has 0 fully saturated rings. The highest BCUT2D eigenvalue weighted by molar-refractivity contribution is 9.10. The number of rotatable bonds is 8. The summed E-state index contributed by atoms with van der Waals surface area (Å²) < 4.78 is 5.76. The van der Waals surface area contributed by atoms with Crippen molar-refractivity contribution in [2.24, 2.45) is 0 Å². The van der Waals surface area contributed by atoms with E-state index in [0.29, 0.717) is 11.1 Å². The summed E-state index contributed by atoms with van der Waals surface area (Å²) in [4.78, 5) is 37.5. The van der Waals surface area contributed by atoms with Crippen LogP contribution in [0.2, 0.25) is 0 Å². The molecule has 0 aliphatic carbocycles. The number of hydrogen-bond donors (Lipinski definition) is 3. The summed E-state index contributed by atoms with van der Waals surface area (Å²) in [5.41, 5.74) is 0.937. The van der Waals surface area contributed by atoms with Gasteiger partial charge in [-0.3, -0.25) is 9.59 Å². The number of halogens is 1. The maximum Gasteiger partial charge on any atom is 0.331 e. The standard InChI is InChI=1S/C22H23BrN2O5/c1-3-30-22(29)19(14(2)26)25-21(28)18(13-15-9-11-17(23)12-10-15)24-20(27)16-7-5-4-6-8-16/h4-14,19,26H,3H2,1-2H3,(H,24,27)(H,25,28)/b18-13-/t14-,19-/m0/s1. The van der Waals surface area contributed by atoms with Crippen LogP contribution in [0.15, 0.2) is 64.8 Å². The smallest absolute Gasteiger partial charge is 0.331 e. The van der Waals surface area contributed by atoms with Crippen molar-refractivity contribution in [1.29, 1.82) is 0 Å². The molecule has 8 heteroatoms. The quantitative estimate of drug-likeness (QED) is 0.402. The van der Waals surface area contributed by atoms with Gasteiger partial charge in [0.2, 0.25) is 0 Å². The number of benzene rings is 2. The number of ether oxygens (including phenoxy) is 1. The van der Waals surface area contributed by atoms with Crippen molar-refractivity contribution >= 4 is 39.8 Å². The second-order valence-electron chi connectivity index (χ2n) is 6.37. The normalized spacial score (nSPS) is 13.1. The van der Waals surface area contributed by atoms with Crippen LogP contribution in [0.25, 0.3) is 6.08 Å². The number of esters is 1. The first-order valence-electron chi connectivity index (χ1n) is 9.31. The zero-order valence-corrected chi connectivity index (χ0v) is 18.2. The van der Waals surface area contributed by atoms with Crippen LogP contribution < -0.4 is 10.6 Å². The summed E-state index contributed by atoms with van der Waals surface area (Å²) in [6.45, 7) is 3.09. The molecule has 0 unspecified atom stereocenters. The van der Waals surface area contributed by atoms with E-state index in [1.54, 1.807) is 61.5 Å². The molecule has 2 atom stereocenters. The maximum absolute atomic E-state index is 12.9. The number of hydrogen-bond acceptors (Lipinski definition) is 5. The summed E-state index contributed by atoms with van der Waals surface area (Å²) in [6.07, 6.45) is 0.291. The Hall–Kier alpha value is -2.97. The van der Waals surface area contributed by atoms with Gasteiger partial charge in [0.05, 0.1) is 12.7 Å². The molecule has 2 rings (SSSR count). The van der Waals surface area contributed by atoms with Gasteiger partial charge in [0.25, 0.3) is 11.8 Å². The summed E-state index contributed by atoms with van der Waals surface area (Å²) in [7, 11) is 0. The first-order valence-corrected chi connectivity index (χ1v) is 10.1. The Labute approximate surface area is 183 Å². The van der Waals surface area contributed by atoms with Gasteiger partial charge in [0, 0.05) is 10.0 Å². The molecule has 3 N–H and O–H groups in total. The van der Waals surface area contributed by atoms with E-state index >= 15 is 0 Å². The number of nitrogens with one attached hydrogen (secondary N) is 2. The number of amides is 2. The summed E-state index contributed by atoms with van der Waals surface area (Å²) in [6, 6.07) is 14.2. The molecule has 0 aliphatic heterocycles. The Kier molecular flexibility index (Phi) is 8.76. The predicted molar refractivity (Wildman–Crippen MR) is 116 cm³/mol. The third-order valence-electron chi connectivity index (χ3n) is 4.02. The predicted octanol–water partition coefficient (Wildman–Crippen LogP) is 2.65. The van der Waals surface area contributed by atoms with Crippen LogP contribution in [0.4, 0.5) is 0 Å². The zero-order valence-electron chi connectivity index (χ0n) is 16.6. The van der Waals surface area contributed by atoms with E-state index in [1.165, 1.54) is 13.0 Å². The number of aliphatic hydroxyl groups is 1. The van der Waals surface area contributed by atoms with Gasteiger partial charge in [0.15, 0.2) is 6.04 Å². The van der Waals surface area contributed by atoms with Crippen LogP contribution in [0.5, 0.6) is 0 Å². The molecule has 2 aromatic rings. The maximum atomic E-state index is 12.9. The van der Waals surface area contributed by atoms with E-state index in [-0.39, 0.29) is 12.3 Å². The Morgan fingerprint density at radius 1 is 1.10 bits per heavy atom. The second-order valence-corrected chi connectivity index (χ2v) is 7.29. The third kappa shape index (κ3) is 6.82. The average Bonchev–Trinajstić information content (AvgIpc) is 2.73. The van der Waals surface area contributed by atoms with Crippen molar-refractivity contribution in [3.05, 3.63) is 75.9 Å². The highest BCUT2D eigenvalue weighted by atomic mass is 79.9. The Morgan fingerprint density at radius 2 is 1.73 bits per heavy atom. The molecule has 0 saturated carbocycles. The number of carbonyl (C=O) groups excluding carboxylic acids is 3. The topological polar surface area (TPSA) is 105 Å². The first-order chi connectivity index (χ1) is 14.3. The minimum atomic E-state index is -1.28. The molecular weight excluding hydrogens is 452 g/mol. The van der Waals surface area contributed by atoms with Gasteiger partial charge in [-0.1, -0.05) is 46.3 Å². The second kappa shape index (κ2) is 11.3. The molecule has 30 heavy (non-hydrogen) atoms. The molecule has 2 aromatic carbocycles. The largest absolute Gasteiger partial charge is 0.464 e. The van der Waals surface area contributed by atoms with Crippen molar-refractivity contribution in [2.75, 3.05) is 6.61 Å². The number of carbonyl (C=O) groups is 3. The van der Waals surface area contributed by atoms with Gasteiger partial charge in [-0.05, 0) is 49.8 Å². The van der Waals surface area contributed by atoms with Crippen molar-refractivity contribution in [3.63, 3.8) is 0 Å². The molecule has 0 aromatic heterocycles. The Balaban J connectivity index is 2.31. The van der Waals surface area contributed by atoms with Gasteiger partial charge >= 0.3 is 5.97 Å². The minimum absolute atomic E-state index is 0.0823. The lowest BCUT2D eigenvalue weighted by atomic mass is 10.1. The molecule has 7 nitrogen and oxygen atoms in total. The summed E-state index contributed by atoms with van der Waals surface area (Å²) >= 11 is 3.34. The van der Waals surface area contributed by atoms with E-state index in [0.717, 1.165) is 4.47 Å². The van der Waals surface area contributed by atoms with Crippen molar-refractivity contribution < 1.29 is 24.2 Å². The molecule has 0 aliphatic rings. The Bertz CT molecular complexity index is 911. The molecule has 158 valence electrons. The van der Waals surface area contributed by atoms with Crippen LogP contribution in [-0.2, 0) is 14.3 Å². The summed E-state index contributed by atoms with van der Waals surface area (Å²) in [5.74, 6) is -1.99. The van der Waals surface area contributed by atoms with Gasteiger partial charge in [-0.15, -0.1) is 0 Å². The molecule has 0 bridgehead atoms. The average molecular weight is 475 g/mol. The number of aliphatic hydroxyl groups excluding tert-OH is 1. The lowest BCUT2D eigenvalue weighted by molar-refractivity contribution is -0.150. The van der Waals surface area contributed by atoms with E-state index in [4.69, 9.17) is 4.74 Å². The van der Waals surface area contributed by atoms with Crippen molar-refractivity contribution in [3.8, 4) is 0 Å². The summed E-state index contributed by atoms with van der Waals surface area (Å²) in [5, 5.41) is 14.9. The van der Waals surface area contributed by atoms with Crippen LogP contribution in [0.1, 0.15) is 29.8 Å². The lowest BCUT2D eigenvalue weighted by Gasteiger charge is -2.20. The molecule has 0 radical (unpaired) electrons. The SMILES string of the molecule is CCOC(=O)[C@@H](NC(=O)/C(=C/c1ccc(Br)cc1)NC(=O)c1ccccc1)[C@H](C)O. The van der Waals surface area contributed by atoms with Crippen LogP contribution in [-0.4, -0.2) is 41.6 Å². The molecule has 2 amide bonds. The molecule has 0 heterocycles. The van der Waals surface area contributed by atoms with Crippen molar-refractivity contribution in [2.45, 2.75) is 26.0 Å². The molecular formula is C22H23BrN2O5. The zero-order chi connectivity index (χ0) is 22.1. The van der Waals surface area contributed by atoms with Crippen LogP contribution in [0, 0.1) is 0 Å². The molecule has 0 spiro atoms. The van der Waals surface area contributed by atoms with Gasteiger partial charge < -0.3 is 20.5 Å². The van der Waals surface area contributed by atoms with Gasteiger partial charge in [0.1, 0.15) is 5.70 Å². The van der Waals surface area contributed by atoms with E-state index < -0.39 is 29.9 Å². The fourth-order valence-corrected chi connectivity index (χ4v) is 2.76. The molecule has 0 saturated heterocycles. The van der Waals surface area contributed by atoms with Gasteiger partial charge in [-0.2, -0.15) is 0 Å². The fraction of sp³-hybridized carbons (Fsp3) is 0.227.